The summed E-state index contributed by atoms with van der Waals surface area (Å²) in [6.07, 6.45) is 3.91. The standard InChI is InChI=1S/C27H15BNS2.C20H18N.Ir/c1-2-8-18-16-29-22(15-17(18)7-1)19-13-14-25-26-27(19)31-24-12-6-4-10-21(24)28(26)20-9-3-5-11-23(20)30-25;1-14-9-10-18(20-11-15(2)16(3)13-21-20)12-19(14)17-7-5-4-6-8-17;/h1-12,14-16H;4-9,11-13H,1-3H3;/q2*-1;. The van der Waals surface area contributed by atoms with E-state index in [0.717, 1.165) is 22.5 Å². The van der Waals surface area contributed by atoms with E-state index in [9.17, 15) is 0 Å². The summed E-state index contributed by atoms with van der Waals surface area (Å²) >= 11 is 3.73. The molecule has 0 aliphatic carbocycles. The van der Waals surface area contributed by atoms with Crippen molar-refractivity contribution >= 4 is 57.4 Å². The van der Waals surface area contributed by atoms with E-state index in [4.69, 9.17) is 4.98 Å². The van der Waals surface area contributed by atoms with Crippen LogP contribution in [0.15, 0.2) is 165 Å². The number of nitrogens with zero attached hydrogens (tertiary/aromatic N) is 2. The summed E-state index contributed by atoms with van der Waals surface area (Å²) in [4.78, 5) is 14.7. The molecule has 0 saturated heterocycles. The van der Waals surface area contributed by atoms with Crippen LogP contribution in [-0.2, 0) is 20.1 Å². The molecule has 8 aromatic rings. The minimum atomic E-state index is 0. The van der Waals surface area contributed by atoms with Crippen LogP contribution < -0.4 is 16.4 Å². The maximum absolute atomic E-state index is 4.83. The number of fused-ring (bicyclic) bond motifs is 5. The van der Waals surface area contributed by atoms with E-state index < -0.39 is 0 Å². The number of pyridine rings is 2. The fraction of sp³-hybridized carbons (Fsp3) is 0.0638. The van der Waals surface area contributed by atoms with E-state index in [2.05, 4.69) is 165 Å². The molecule has 257 valence electrons. The Balaban J connectivity index is 0.000000160. The van der Waals surface area contributed by atoms with Crippen LogP contribution in [0, 0.1) is 32.9 Å². The molecular formula is C47H33BIrN2S2-2. The van der Waals surface area contributed by atoms with Gasteiger partial charge in [0.1, 0.15) is 0 Å². The van der Waals surface area contributed by atoms with Crippen molar-refractivity contribution < 1.29 is 20.1 Å². The van der Waals surface area contributed by atoms with E-state index in [-0.39, 0.29) is 26.8 Å². The molecule has 10 rings (SSSR count). The molecule has 0 fully saturated rings. The normalized spacial score (nSPS) is 12.1. The predicted molar refractivity (Wildman–Crippen MR) is 220 cm³/mol. The van der Waals surface area contributed by atoms with Crippen molar-refractivity contribution in [2.24, 2.45) is 0 Å². The fourth-order valence-corrected chi connectivity index (χ4v) is 9.62. The van der Waals surface area contributed by atoms with E-state index in [0.29, 0.717) is 0 Å². The van der Waals surface area contributed by atoms with E-state index >= 15 is 0 Å². The molecule has 0 saturated carbocycles. The Kier molecular flexibility index (Phi) is 9.98. The van der Waals surface area contributed by atoms with Crippen LogP contribution in [0.3, 0.4) is 0 Å². The molecule has 53 heavy (non-hydrogen) atoms. The first-order valence-electron chi connectivity index (χ1n) is 17.5. The third-order valence-corrected chi connectivity index (χ3v) is 12.4. The number of rotatable bonds is 3. The maximum Gasteiger partial charge on any atom is 0.227 e. The minimum absolute atomic E-state index is 0. The number of hydrogen-bond donors (Lipinski definition) is 0. The average molecular weight is 893 g/mol. The predicted octanol–water partition coefficient (Wildman–Crippen LogP) is 10.3. The monoisotopic (exact) mass is 893 g/mol. The van der Waals surface area contributed by atoms with Gasteiger partial charge in [0.25, 0.3) is 0 Å². The fourth-order valence-electron chi connectivity index (χ4n) is 7.14. The van der Waals surface area contributed by atoms with Crippen LogP contribution in [0.25, 0.3) is 44.4 Å². The van der Waals surface area contributed by atoms with Crippen molar-refractivity contribution in [3.63, 3.8) is 0 Å². The molecule has 2 nitrogen and oxygen atoms in total. The number of hydrogen-bond acceptors (Lipinski definition) is 4. The Bertz CT molecular complexity index is 2630. The number of aryl methyl sites for hydroxylation is 3. The first kappa shape index (κ1) is 35.3. The molecule has 4 heterocycles. The molecule has 0 spiro atoms. The summed E-state index contributed by atoms with van der Waals surface area (Å²) in [6, 6.07) is 54.2. The van der Waals surface area contributed by atoms with Gasteiger partial charge in [0.05, 0.1) is 0 Å². The molecule has 0 atom stereocenters. The molecular weight excluding hydrogens is 860 g/mol. The van der Waals surface area contributed by atoms with Crippen molar-refractivity contribution in [2.75, 3.05) is 0 Å². The third-order valence-electron chi connectivity index (χ3n) is 10.0. The Morgan fingerprint density at radius 1 is 0.547 bits per heavy atom. The zero-order valence-electron chi connectivity index (χ0n) is 29.5. The molecule has 0 N–H and O–H groups in total. The van der Waals surface area contributed by atoms with Gasteiger partial charge in [0.15, 0.2) is 0 Å². The second-order valence-corrected chi connectivity index (χ2v) is 15.5. The average Bonchev–Trinajstić information content (AvgIpc) is 3.19. The molecule has 6 aromatic carbocycles. The molecule has 2 aliphatic heterocycles. The smallest absolute Gasteiger partial charge is 0.227 e. The summed E-state index contributed by atoms with van der Waals surface area (Å²) in [7, 11) is 0. The Labute approximate surface area is 334 Å². The van der Waals surface area contributed by atoms with Crippen LogP contribution >= 0.6 is 23.5 Å². The number of benzene rings is 6. The summed E-state index contributed by atoms with van der Waals surface area (Å²) < 4.78 is 0. The molecule has 0 bridgehead atoms. The van der Waals surface area contributed by atoms with Crippen LogP contribution in [0.5, 0.6) is 0 Å². The molecule has 1 radical (unpaired) electrons. The van der Waals surface area contributed by atoms with Crippen molar-refractivity contribution in [1.82, 2.24) is 9.97 Å². The maximum atomic E-state index is 4.83. The van der Waals surface area contributed by atoms with Crippen LogP contribution in [-0.4, -0.2) is 16.7 Å². The Morgan fingerprint density at radius 2 is 1.21 bits per heavy atom. The zero-order valence-corrected chi connectivity index (χ0v) is 33.5. The quantitative estimate of drug-likeness (QED) is 0.130. The Morgan fingerprint density at radius 3 is 1.96 bits per heavy atom. The van der Waals surface area contributed by atoms with Gasteiger partial charge in [-0.05, 0) is 69.1 Å². The van der Waals surface area contributed by atoms with Crippen LogP contribution in [0.2, 0.25) is 0 Å². The van der Waals surface area contributed by atoms with Crippen molar-refractivity contribution in [2.45, 2.75) is 40.4 Å². The zero-order chi connectivity index (χ0) is 35.2. The van der Waals surface area contributed by atoms with Crippen LogP contribution in [0.1, 0.15) is 16.7 Å². The van der Waals surface area contributed by atoms with Gasteiger partial charge in [-0.1, -0.05) is 142 Å². The van der Waals surface area contributed by atoms with Gasteiger partial charge in [-0.25, -0.2) is 0 Å². The summed E-state index contributed by atoms with van der Waals surface area (Å²) in [5, 5.41) is 2.38. The number of aromatic nitrogens is 2. The first-order valence-corrected chi connectivity index (χ1v) is 19.1. The summed E-state index contributed by atoms with van der Waals surface area (Å²) in [5.41, 5.74) is 14.5. The van der Waals surface area contributed by atoms with E-state index in [1.54, 1.807) is 0 Å². The second kappa shape index (κ2) is 15.0. The third kappa shape index (κ3) is 6.71. The van der Waals surface area contributed by atoms with Gasteiger partial charge in [-0.15, -0.1) is 76.0 Å². The molecule has 6 heteroatoms. The summed E-state index contributed by atoms with van der Waals surface area (Å²) in [5.74, 6) is 0. The molecule has 2 aliphatic rings. The van der Waals surface area contributed by atoms with E-state index in [1.807, 2.05) is 42.0 Å². The van der Waals surface area contributed by atoms with Crippen LogP contribution in [0.4, 0.5) is 0 Å². The topological polar surface area (TPSA) is 25.8 Å². The van der Waals surface area contributed by atoms with Crippen molar-refractivity contribution in [3.05, 3.63) is 175 Å². The van der Waals surface area contributed by atoms with Gasteiger partial charge in [0, 0.05) is 32.5 Å². The van der Waals surface area contributed by atoms with Gasteiger partial charge >= 0.3 is 0 Å². The SMILES string of the molecule is Cc1cnc(-c2[c-]cc(C)c(-c3ccccc3)c2)cc1C.[Ir].[c-]1cc2c3c(c1-c1cc4ccccc4cn1)Sc1ccccc1B3c1ccccc1S2. The van der Waals surface area contributed by atoms with Crippen molar-refractivity contribution in [3.8, 4) is 33.6 Å². The minimum Gasteiger partial charge on any atom is -0.304 e. The largest absolute Gasteiger partial charge is 0.304 e. The van der Waals surface area contributed by atoms with Crippen molar-refractivity contribution in [1.29, 1.82) is 0 Å². The van der Waals surface area contributed by atoms with Gasteiger partial charge in [-0.2, -0.15) is 0 Å². The summed E-state index contributed by atoms with van der Waals surface area (Å²) in [6.45, 7) is 6.58. The van der Waals surface area contributed by atoms with E-state index in [1.165, 1.54) is 74.6 Å². The molecule has 0 unspecified atom stereocenters. The van der Waals surface area contributed by atoms with Gasteiger partial charge < -0.3 is 9.97 Å². The van der Waals surface area contributed by atoms with Gasteiger partial charge in [0.2, 0.25) is 6.71 Å². The Hall–Kier alpha value is -4.71. The first-order chi connectivity index (χ1) is 25.5. The molecule has 0 amide bonds. The van der Waals surface area contributed by atoms with Gasteiger partial charge in [-0.3, -0.25) is 0 Å². The second-order valence-electron chi connectivity index (χ2n) is 13.4. The molecule has 2 aromatic heterocycles.